The zero-order chi connectivity index (χ0) is 12.5. The predicted molar refractivity (Wildman–Crippen MR) is 66.7 cm³/mol. The Hall–Kier alpha value is -1.07. The van der Waals surface area contributed by atoms with Gasteiger partial charge in [0.25, 0.3) is 5.91 Å². The lowest BCUT2D eigenvalue weighted by atomic mass is 10.1. The number of nitrogen functional groups attached to an aromatic ring is 1. The number of nitrogens with two attached hydrogens (primary N) is 1. The second kappa shape index (κ2) is 4.43. The Bertz CT molecular complexity index is 379. The number of rotatable bonds is 3. The Morgan fingerprint density at radius 3 is 2.56 bits per heavy atom. The number of nitrogens with zero attached hydrogens (tertiary/aromatic N) is 1. The molecule has 0 radical (unpaired) electrons. The van der Waals surface area contributed by atoms with E-state index in [-0.39, 0.29) is 12.5 Å². The maximum absolute atomic E-state index is 12.1. The smallest absolute Gasteiger partial charge is 0.264 e. The first-order valence-corrected chi connectivity index (χ1v) is 5.86. The summed E-state index contributed by atoms with van der Waals surface area (Å²) in [4.78, 5) is 15.2. The number of aliphatic hydroxyl groups excluding tert-OH is 1. The van der Waals surface area contributed by atoms with Gasteiger partial charge in [-0.15, -0.1) is 11.3 Å². The van der Waals surface area contributed by atoms with Gasteiger partial charge in [-0.2, -0.15) is 0 Å². The van der Waals surface area contributed by atoms with E-state index < -0.39 is 5.54 Å². The van der Waals surface area contributed by atoms with Crippen molar-refractivity contribution in [1.29, 1.82) is 0 Å². The van der Waals surface area contributed by atoms with Crippen LogP contribution in [0.25, 0.3) is 0 Å². The van der Waals surface area contributed by atoms with Crippen LogP contribution in [0.2, 0.25) is 0 Å². The molecule has 0 saturated heterocycles. The van der Waals surface area contributed by atoms with Crippen molar-refractivity contribution >= 4 is 22.9 Å². The monoisotopic (exact) mass is 242 g/mol. The standard InChI is InChI=1S/C11H18N2O2S/c1-7-8(12)5-9(16-7)10(15)13(4)11(2,3)6-14/h5,14H,6,12H2,1-4H3. The highest BCUT2D eigenvalue weighted by Crippen LogP contribution is 2.26. The summed E-state index contributed by atoms with van der Waals surface area (Å²) in [5.41, 5.74) is 5.79. The molecule has 1 heterocycles. The van der Waals surface area contributed by atoms with Crippen molar-refractivity contribution in [2.24, 2.45) is 0 Å². The summed E-state index contributed by atoms with van der Waals surface area (Å²) in [7, 11) is 1.68. The maximum atomic E-state index is 12.1. The van der Waals surface area contributed by atoms with Gasteiger partial charge < -0.3 is 15.7 Å². The minimum atomic E-state index is -0.566. The average Bonchev–Trinajstić information content (AvgIpc) is 2.57. The number of thiophene rings is 1. The summed E-state index contributed by atoms with van der Waals surface area (Å²) < 4.78 is 0. The van der Waals surface area contributed by atoms with Crippen LogP contribution in [0.1, 0.15) is 28.4 Å². The van der Waals surface area contributed by atoms with Gasteiger partial charge in [0.1, 0.15) is 0 Å². The lowest BCUT2D eigenvalue weighted by Gasteiger charge is -2.33. The second-order valence-electron chi connectivity index (χ2n) is 4.46. The number of aliphatic hydroxyl groups is 1. The van der Waals surface area contributed by atoms with Gasteiger partial charge in [-0.05, 0) is 26.8 Å². The molecule has 16 heavy (non-hydrogen) atoms. The minimum Gasteiger partial charge on any atom is -0.398 e. The molecule has 1 aromatic rings. The number of amides is 1. The topological polar surface area (TPSA) is 66.6 Å². The third kappa shape index (κ3) is 2.36. The summed E-state index contributed by atoms with van der Waals surface area (Å²) in [6, 6.07) is 1.69. The Morgan fingerprint density at radius 2 is 2.19 bits per heavy atom. The third-order valence-corrected chi connectivity index (χ3v) is 3.82. The number of hydrogen-bond donors (Lipinski definition) is 2. The molecular formula is C11H18N2O2S. The molecule has 5 heteroatoms. The molecule has 0 atom stereocenters. The van der Waals surface area contributed by atoms with Crippen molar-refractivity contribution in [2.75, 3.05) is 19.4 Å². The number of carbonyl (C=O) groups is 1. The first-order valence-electron chi connectivity index (χ1n) is 5.04. The molecule has 0 bridgehead atoms. The van der Waals surface area contributed by atoms with Gasteiger partial charge in [0.2, 0.25) is 0 Å². The Balaban J connectivity index is 2.94. The molecule has 0 aromatic carbocycles. The summed E-state index contributed by atoms with van der Waals surface area (Å²) in [5, 5.41) is 9.20. The van der Waals surface area contributed by atoms with Crippen LogP contribution in [0.3, 0.4) is 0 Å². The first kappa shape index (κ1) is 13.0. The van der Waals surface area contributed by atoms with E-state index in [2.05, 4.69) is 0 Å². The van der Waals surface area contributed by atoms with E-state index in [4.69, 9.17) is 5.73 Å². The normalized spacial score (nSPS) is 11.6. The van der Waals surface area contributed by atoms with E-state index in [0.717, 1.165) is 4.88 Å². The van der Waals surface area contributed by atoms with Crippen LogP contribution in [-0.4, -0.2) is 35.1 Å². The summed E-state index contributed by atoms with van der Waals surface area (Å²) in [6.07, 6.45) is 0. The molecule has 0 saturated carbocycles. The van der Waals surface area contributed by atoms with E-state index in [1.807, 2.05) is 20.8 Å². The Kier molecular flexibility index (Phi) is 3.60. The fourth-order valence-electron chi connectivity index (χ4n) is 1.15. The van der Waals surface area contributed by atoms with Crippen LogP contribution >= 0.6 is 11.3 Å². The molecule has 0 aliphatic rings. The molecule has 0 aliphatic heterocycles. The highest BCUT2D eigenvalue weighted by atomic mass is 32.1. The van der Waals surface area contributed by atoms with E-state index in [1.54, 1.807) is 13.1 Å². The molecule has 0 aliphatic carbocycles. The van der Waals surface area contributed by atoms with Crippen LogP contribution in [0.5, 0.6) is 0 Å². The minimum absolute atomic E-state index is 0.0743. The number of anilines is 1. The van der Waals surface area contributed by atoms with Gasteiger partial charge in [-0.1, -0.05) is 0 Å². The average molecular weight is 242 g/mol. The van der Waals surface area contributed by atoms with Crippen LogP contribution in [0, 0.1) is 6.92 Å². The summed E-state index contributed by atoms with van der Waals surface area (Å²) in [5.74, 6) is -0.108. The molecule has 0 spiro atoms. The predicted octanol–water partition coefficient (Wildman–Crippen LogP) is 1.48. The van der Waals surface area contributed by atoms with E-state index in [0.29, 0.717) is 10.6 Å². The lowest BCUT2D eigenvalue weighted by Crippen LogP contribution is -2.47. The van der Waals surface area contributed by atoms with Crippen LogP contribution in [-0.2, 0) is 0 Å². The lowest BCUT2D eigenvalue weighted by molar-refractivity contribution is 0.0478. The maximum Gasteiger partial charge on any atom is 0.264 e. The van der Waals surface area contributed by atoms with Crippen LogP contribution < -0.4 is 5.73 Å². The van der Waals surface area contributed by atoms with Gasteiger partial charge in [0.15, 0.2) is 0 Å². The number of likely N-dealkylation sites (N-methyl/N-ethyl adjacent to an activating group) is 1. The van der Waals surface area contributed by atoms with Crippen molar-refractivity contribution in [3.8, 4) is 0 Å². The molecule has 0 fully saturated rings. The van der Waals surface area contributed by atoms with Crippen molar-refractivity contribution in [2.45, 2.75) is 26.3 Å². The van der Waals surface area contributed by atoms with Gasteiger partial charge in [-0.3, -0.25) is 4.79 Å². The van der Waals surface area contributed by atoms with E-state index in [9.17, 15) is 9.90 Å². The molecule has 3 N–H and O–H groups in total. The van der Waals surface area contributed by atoms with E-state index in [1.165, 1.54) is 16.2 Å². The molecule has 90 valence electrons. The van der Waals surface area contributed by atoms with Crippen LogP contribution in [0.4, 0.5) is 5.69 Å². The van der Waals surface area contributed by atoms with Crippen molar-refractivity contribution in [1.82, 2.24) is 4.90 Å². The quantitative estimate of drug-likeness (QED) is 0.843. The molecule has 1 amide bonds. The number of aryl methyl sites for hydroxylation is 1. The largest absolute Gasteiger partial charge is 0.398 e. The van der Waals surface area contributed by atoms with Gasteiger partial charge >= 0.3 is 0 Å². The molecule has 1 aromatic heterocycles. The molecule has 0 unspecified atom stereocenters. The molecular weight excluding hydrogens is 224 g/mol. The first-order chi connectivity index (χ1) is 7.29. The van der Waals surface area contributed by atoms with Crippen LogP contribution in [0.15, 0.2) is 6.07 Å². The SMILES string of the molecule is Cc1sc(C(=O)N(C)C(C)(C)CO)cc1N. The van der Waals surface area contributed by atoms with Gasteiger partial charge in [0, 0.05) is 17.6 Å². The Labute approximate surface area is 99.7 Å². The second-order valence-corrected chi connectivity index (χ2v) is 5.71. The fourth-order valence-corrected chi connectivity index (χ4v) is 2.06. The fraction of sp³-hybridized carbons (Fsp3) is 0.545. The van der Waals surface area contributed by atoms with E-state index >= 15 is 0 Å². The van der Waals surface area contributed by atoms with Crippen molar-refractivity contribution in [3.05, 3.63) is 15.8 Å². The molecule has 4 nitrogen and oxygen atoms in total. The summed E-state index contributed by atoms with van der Waals surface area (Å²) in [6.45, 7) is 5.44. The van der Waals surface area contributed by atoms with Gasteiger partial charge in [0.05, 0.1) is 17.0 Å². The van der Waals surface area contributed by atoms with Crippen molar-refractivity contribution in [3.63, 3.8) is 0 Å². The van der Waals surface area contributed by atoms with Gasteiger partial charge in [-0.25, -0.2) is 0 Å². The number of carbonyl (C=O) groups excluding carboxylic acids is 1. The molecule has 1 rings (SSSR count). The van der Waals surface area contributed by atoms with Crippen molar-refractivity contribution < 1.29 is 9.90 Å². The highest BCUT2D eigenvalue weighted by Gasteiger charge is 2.28. The Morgan fingerprint density at radius 1 is 1.62 bits per heavy atom. The zero-order valence-electron chi connectivity index (χ0n) is 10.1. The highest BCUT2D eigenvalue weighted by molar-refractivity contribution is 7.14. The summed E-state index contributed by atoms with van der Waals surface area (Å²) >= 11 is 1.38. The zero-order valence-corrected chi connectivity index (χ0v) is 10.9. The number of hydrogen-bond acceptors (Lipinski definition) is 4. The third-order valence-electron chi connectivity index (χ3n) is 2.77.